The summed E-state index contributed by atoms with van der Waals surface area (Å²) in [6.07, 6.45) is 2.80. The third-order valence-electron chi connectivity index (χ3n) is 5.22. The Bertz CT molecular complexity index is 1500. The van der Waals surface area contributed by atoms with E-state index in [4.69, 9.17) is 4.74 Å². The SMILES string of the molecule is CS(=O)(=O)c1ccc(Oc2cc3nc(-c4ccccn4)[nH]c3cc2CN2C(=O)CSC2=O)cc1. The number of nitrogens with zero attached hydrogens (tertiary/aromatic N) is 3. The van der Waals surface area contributed by atoms with Crippen LogP contribution in [0.3, 0.4) is 0 Å². The molecule has 172 valence electrons. The number of benzene rings is 2. The number of aromatic amines is 1. The zero-order valence-electron chi connectivity index (χ0n) is 17.9. The van der Waals surface area contributed by atoms with Crippen LogP contribution in [0.2, 0.25) is 0 Å². The van der Waals surface area contributed by atoms with Gasteiger partial charge in [-0.3, -0.25) is 19.5 Å². The molecule has 3 heterocycles. The normalized spacial score (nSPS) is 14.2. The number of hydrogen-bond acceptors (Lipinski definition) is 8. The van der Waals surface area contributed by atoms with Gasteiger partial charge in [0, 0.05) is 24.1 Å². The van der Waals surface area contributed by atoms with Crippen molar-refractivity contribution in [3.05, 3.63) is 66.4 Å². The fraction of sp³-hybridized carbons (Fsp3) is 0.130. The lowest BCUT2D eigenvalue weighted by Gasteiger charge is -2.16. The smallest absolute Gasteiger partial charge is 0.289 e. The monoisotopic (exact) mass is 494 g/mol. The van der Waals surface area contributed by atoms with Gasteiger partial charge in [-0.1, -0.05) is 17.8 Å². The highest BCUT2D eigenvalue weighted by Crippen LogP contribution is 2.33. The van der Waals surface area contributed by atoms with Gasteiger partial charge < -0.3 is 9.72 Å². The van der Waals surface area contributed by atoms with E-state index in [2.05, 4.69) is 15.0 Å². The summed E-state index contributed by atoms with van der Waals surface area (Å²) in [5.74, 6) is 1.22. The number of amides is 2. The Morgan fingerprint density at radius 1 is 1.12 bits per heavy atom. The lowest BCUT2D eigenvalue weighted by Crippen LogP contribution is -2.28. The molecule has 2 aromatic heterocycles. The molecule has 0 saturated carbocycles. The fourth-order valence-electron chi connectivity index (χ4n) is 3.51. The molecular formula is C23H18N4O5S2. The van der Waals surface area contributed by atoms with Gasteiger partial charge in [0.25, 0.3) is 5.24 Å². The predicted octanol–water partition coefficient (Wildman–Crippen LogP) is 4.02. The molecule has 1 fully saturated rings. The van der Waals surface area contributed by atoms with Crippen molar-refractivity contribution in [3.63, 3.8) is 0 Å². The molecule has 0 unspecified atom stereocenters. The minimum atomic E-state index is -3.34. The molecule has 0 radical (unpaired) electrons. The molecule has 1 saturated heterocycles. The number of rotatable bonds is 6. The van der Waals surface area contributed by atoms with E-state index in [9.17, 15) is 18.0 Å². The average Bonchev–Trinajstić information content (AvgIpc) is 3.37. The first-order valence-corrected chi connectivity index (χ1v) is 13.0. The molecule has 0 aliphatic carbocycles. The zero-order chi connectivity index (χ0) is 23.9. The molecule has 4 aromatic rings. The Morgan fingerprint density at radius 3 is 2.56 bits per heavy atom. The zero-order valence-corrected chi connectivity index (χ0v) is 19.5. The van der Waals surface area contributed by atoms with Gasteiger partial charge in [0.05, 0.1) is 28.2 Å². The van der Waals surface area contributed by atoms with Gasteiger partial charge in [-0.15, -0.1) is 0 Å². The molecule has 11 heteroatoms. The highest BCUT2D eigenvalue weighted by atomic mass is 32.2. The number of ether oxygens (including phenoxy) is 1. The second-order valence-corrected chi connectivity index (χ2v) is 10.6. The maximum Gasteiger partial charge on any atom is 0.289 e. The first-order chi connectivity index (χ1) is 16.3. The number of carbonyl (C=O) groups is 2. The largest absolute Gasteiger partial charge is 0.457 e. The van der Waals surface area contributed by atoms with Crippen LogP contribution in [0.4, 0.5) is 4.79 Å². The van der Waals surface area contributed by atoms with E-state index in [1.807, 2.05) is 18.2 Å². The summed E-state index contributed by atoms with van der Waals surface area (Å²) in [7, 11) is -3.34. The number of aromatic nitrogens is 3. The van der Waals surface area contributed by atoms with Crippen LogP contribution in [-0.4, -0.2) is 51.4 Å². The Kier molecular flexibility index (Phi) is 5.58. The van der Waals surface area contributed by atoms with Crippen molar-refractivity contribution in [3.8, 4) is 23.0 Å². The van der Waals surface area contributed by atoms with Crippen molar-refractivity contribution >= 4 is 43.8 Å². The van der Waals surface area contributed by atoms with Crippen LogP contribution >= 0.6 is 11.8 Å². The van der Waals surface area contributed by atoms with Gasteiger partial charge in [-0.05, 0) is 42.5 Å². The Labute approximate surface area is 199 Å². The van der Waals surface area contributed by atoms with Crippen LogP contribution in [0.15, 0.2) is 65.7 Å². The maximum atomic E-state index is 12.2. The van der Waals surface area contributed by atoms with Crippen LogP contribution in [0.25, 0.3) is 22.6 Å². The summed E-state index contributed by atoms with van der Waals surface area (Å²) in [4.78, 5) is 37.9. The number of imide groups is 1. The lowest BCUT2D eigenvalue weighted by molar-refractivity contribution is -0.125. The van der Waals surface area contributed by atoms with Crippen LogP contribution in [0.5, 0.6) is 11.5 Å². The molecule has 0 spiro atoms. The highest BCUT2D eigenvalue weighted by Gasteiger charge is 2.31. The molecule has 34 heavy (non-hydrogen) atoms. The molecule has 2 aromatic carbocycles. The lowest BCUT2D eigenvalue weighted by atomic mass is 10.1. The molecule has 2 amide bonds. The number of nitrogens with one attached hydrogen (secondary N) is 1. The van der Waals surface area contributed by atoms with Crippen molar-refractivity contribution in [2.75, 3.05) is 12.0 Å². The Hall–Kier alpha value is -3.70. The van der Waals surface area contributed by atoms with E-state index in [-0.39, 0.29) is 28.3 Å². The summed E-state index contributed by atoms with van der Waals surface area (Å²) in [6.45, 7) is 0.0370. The van der Waals surface area contributed by atoms with E-state index >= 15 is 0 Å². The van der Waals surface area contributed by atoms with E-state index in [0.29, 0.717) is 39.6 Å². The number of pyridine rings is 1. The molecule has 1 aliphatic rings. The van der Waals surface area contributed by atoms with Gasteiger partial charge in [-0.25, -0.2) is 13.4 Å². The minimum Gasteiger partial charge on any atom is -0.457 e. The van der Waals surface area contributed by atoms with Crippen LogP contribution in [0.1, 0.15) is 5.56 Å². The summed E-state index contributed by atoms with van der Waals surface area (Å²) in [6, 6.07) is 15.0. The van der Waals surface area contributed by atoms with Gasteiger partial charge in [0.2, 0.25) is 5.91 Å². The third kappa shape index (κ3) is 4.39. The number of sulfone groups is 1. The first-order valence-electron chi connectivity index (χ1n) is 10.2. The molecule has 1 N–H and O–H groups in total. The van der Waals surface area contributed by atoms with Gasteiger partial charge in [0.1, 0.15) is 17.2 Å². The standard InChI is InChI=1S/C23H18N4O5S2/c1-34(30,31)16-7-5-15(6-8-16)32-20-11-19-18(25-22(26-19)17-4-2-3-9-24-17)10-14(20)12-27-21(28)13-33-23(27)29/h2-11H,12-13H2,1H3,(H,25,26). The minimum absolute atomic E-state index is 0.0370. The first kappa shape index (κ1) is 22.1. The van der Waals surface area contributed by atoms with E-state index < -0.39 is 9.84 Å². The van der Waals surface area contributed by atoms with Gasteiger partial charge in [-0.2, -0.15) is 0 Å². The quantitative estimate of drug-likeness (QED) is 0.427. The fourth-order valence-corrected chi connectivity index (χ4v) is 4.87. The average molecular weight is 495 g/mol. The second-order valence-electron chi connectivity index (χ2n) is 7.66. The van der Waals surface area contributed by atoms with E-state index in [1.165, 1.54) is 17.0 Å². The highest BCUT2D eigenvalue weighted by molar-refractivity contribution is 8.14. The van der Waals surface area contributed by atoms with Crippen LogP contribution in [0, 0.1) is 0 Å². The van der Waals surface area contributed by atoms with Gasteiger partial charge in [0.15, 0.2) is 15.7 Å². The summed E-state index contributed by atoms with van der Waals surface area (Å²) in [5.41, 5.74) is 2.57. The van der Waals surface area contributed by atoms with Crippen LogP contribution < -0.4 is 4.74 Å². The number of carbonyl (C=O) groups excluding carboxylic acids is 2. The van der Waals surface area contributed by atoms with E-state index in [1.54, 1.807) is 30.5 Å². The molecule has 1 aliphatic heterocycles. The van der Waals surface area contributed by atoms with Crippen molar-refractivity contribution in [1.82, 2.24) is 19.9 Å². The van der Waals surface area contributed by atoms with Crippen molar-refractivity contribution in [2.45, 2.75) is 11.4 Å². The van der Waals surface area contributed by atoms with Crippen molar-refractivity contribution in [1.29, 1.82) is 0 Å². The van der Waals surface area contributed by atoms with Crippen molar-refractivity contribution < 1.29 is 22.7 Å². The maximum absolute atomic E-state index is 12.2. The Morgan fingerprint density at radius 2 is 1.91 bits per heavy atom. The number of fused-ring (bicyclic) bond motifs is 1. The predicted molar refractivity (Wildman–Crippen MR) is 127 cm³/mol. The van der Waals surface area contributed by atoms with Crippen molar-refractivity contribution in [2.24, 2.45) is 0 Å². The third-order valence-corrected chi connectivity index (χ3v) is 7.21. The van der Waals surface area contributed by atoms with Gasteiger partial charge >= 0.3 is 0 Å². The number of hydrogen-bond donors (Lipinski definition) is 1. The number of thioether (sulfide) groups is 1. The summed E-state index contributed by atoms with van der Waals surface area (Å²) < 4.78 is 29.6. The number of imidazole rings is 1. The Balaban J connectivity index is 1.55. The summed E-state index contributed by atoms with van der Waals surface area (Å²) >= 11 is 0.963. The van der Waals surface area contributed by atoms with Crippen LogP contribution in [-0.2, 0) is 21.2 Å². The summed E-state index contributed by atoms with van der Waals surface area (Å²) in [5, 5.41) is -0.313. The second kappa shape index (κ2) is 8.58. The molecule has 9 nitrogen and oxygen atoms in total. The molecule has 0 atom stereocenters. The van der Waals surface area contributed by atoms with E-state index in [0.717, 1.165) is 18.0 Å². The number of H-pyrrole nitrogens is 1. The molecule has 5 rings (SSSR count). The molecular weight excluding hydrogens is 476 g/mol. The molecule has 0 bridgehead atoms. The topological polar surface area (TPSA) is 122 Å².